The zero-order chi connectivity index (χ0) is 15.2. The van der Waals surface area contributed by atoms with E-state index in [-0.39, 0.29) is 0 Å². The number of hydrogen-bond acceptors (Lipinski definition) is 2. The molecule has 5 heteroatoms. The third-order valence-corrected chi connectivity index (χ3v) is 4.27. The lowest BCUT2D eigenvalue weighted by Gasteiger charge is -2.18. The minimum absolute atomic E-state index is 0.333. The summed E-state index contributed by atoms with van der Waals surface area (Å²) in [5, 5.41) is 4.74. The molecule has 1 atom stereocenters. The van der Waals surface area contributed by atoms with E-state index in [1.54, 1.807) is 0 Å². The van der Waals surface area contributed by atoms with Crippen LogP contribution in [0.4, 0.5) is 0 Å². The minimum Gasteiger partial charge on any atom is -0.335 e. The molecule has 0 amide bonds. The van der Waals surface area contributed by atoms with Gasteiger partial charge in [0.15, 0.2) is 0 Å². The summed E-state index contributed by atoms with van der Waals surface area (Å²) in [6.07, 6.45) is 5.69. The van der Waals surface area contributed by atoms with Crippen LogP contribution in [0.5, 0.6) is 0 Å². The minimum atomic E-state index is 0.333. The summed E-state index contributed by atoms with van der Waals surface area (Å²) in [4.78, 5) is 4.46. The maximum Gasteiger partial charge on any atom is 0.110 e. The quantitative estimate of drug-likeness (QED) is 0.834. The third kappa shape index (κ3) is 4.47. The van der Waals surface area contributed by atoms with Crippen LogP contribution in [-0.2, 0) is 19.4 Å². The summed E-state index contributed by atoms with van der Waals surface area (Å²) >= 11 is 12.1. The van der Waals surface area contributed by atoms with Gasteiger partial charge in [0.2, 0.25) is 0 Å². The number of aryl methyl sites for hydroxylation is 1. The molecule has 1 heterocycles. The predicted molar refractivity (Wildman–Crippen MR) is 89.2 cm³/mol. The Labute approximate surface area is 136 Å². The summed E-state index contributed by atoms with van der Waals surface area (Å²) in [5.74, 6) is 1.11. The van der Waals surface area contributed by atoms with E-state index < -0.39 is 0 Å². The van der Waals surface area contributed by atoms with Crippen molar-refractivity contribution < 1.29 is 0 Å². The van der Waals surface area contributed by atoms with Crippen molar-refractivity contribution in [2.75, 3.05) is 6.54 Å². The van der Waals surface area contributed by atoms with Gasteiger partial charge in [-0.05, 0) is 37.6 Å². The highest BCUT2D eigenvalue weighted by Crippen LogP contribution is 2.23. The van der Waals surface area contributed by atoms with Crippen LogP contribution in [0.3, 0.4) is 0 Å². The molecule has 1 N–H and O–H groups in total. The number of aromatic nitrogens is 2. The molecule has 0 fully saturated rings. The zero-order valence-corrected chi connectivity index (χ0v) is 14.0. The number of rotatable bonds is 7. The smallest absolute Gasteiger partial charge is 0.110 e. The van der Waals surface area contributed by atoms with Crippen LogP contribution in [0.1, 0.15) is 25.2 Å². The van der Waals surface area contributed by atoms with Crippen LogP contribution in [0.15, 0.2) is 30.6 Å². The highest BCUT2D eigenvalue weighted by atomic mass is 35.5. The molecule has 0 saturated carbocycles. The molecule has 0 aliphatic heterocycles. The van der Waals surface area contributed by atoms with E-state index >= 15 is 0 Å². The van der Waals surface area contributed by atoms with Crippen LogP contribution in [0, 0.1) is 0 Å². The van der Waals surface area contributed by atoms with Gasteiger partial charge in [-0.15, -0.1) is 0 Å². The first kappa shape index (κ1) is 16.3. The molecule has 1 aromatic heterocycles. The Balaban J connectivity index is 2.09. The van der Waals surface area contributed by atoms with Crippen LogP contribution in [-0.4, -0.2) is 22.1 Å². The molecule has 1 unspecified atom stereocenters. The second-order valence-electron chi connectivity index (χ2n) is 5.04. The van der Waals surface area contributed by atoms with Crippen molar-refractivity contribution >= 4 is 23.2 Å². The molecule has 0 spiro atoms. The van der Waals surface area contributed by atoms with Crippen molar-refractivity contribution in [1.29, 1.82) is 0 Å². The molecule has 0 bridgehead atoms. The monoisotopic (exact) mass is 325 g/mol. The predicted octanol–water partition coefficient (Wildman–Crippen LogP) is 3.97. The molecule has 3 nitrogen and oxygen atoms in total. The van der Waals surface area contributed by atoms with Gasteiger partial charge in [0.25, 0.3) is 0 Å². The van der Waals surface area contributed by atoms with Crippen molar-refractivity contribution in [2.45, 2.75) is 39.3 Å². The summed E-state index contributed by atoms with van der Waals surface area (Å²) in [6.45, 7) is 6.13. The first-order valence-electron chi connectivity index (χ1n) is 7.31. The molecule has 0 radical (unpaired) electrons. The number of hydrogen-bond donors (Lipinski definition) is 1. The van der Waals surface area contributed by atoms with E-state index in [0.29, 0.717) is 16.1 Å². The zero-order valence-electron chi connectivity index (χ0n) is 12.4. The number of nitrogens with zero attached hydrogens (tertiary/aromatic N) is 2. The maximum absolute atomic E-state index is 6.10. The lowest BCUT2D eigenvalue weighted by atomic mass is 10.0. The van der Waals surface area contributed by atoms with Gasteiger partial charge in [0, 0.05) is 31.4 Å². The lowest BCUT2D eigenvalue weighted by Crippen LogP contribution is -2.34. The van der Waals surface area contributed by atoms with Crippen molar-refractivity contribution in [2.24, 2.45) is 0 Å². The van der Waals surface area contributed by atoms with Gasteiger partial charge in [-0.3, -0.25) is 0 Å². The van der Waals surface area contributed by atoms with Crippen molar-refractivity contribution in [3.8, 4) is 0 Å². The molecule has 21 heavy (non-hydrogen) atoms. The first-order valence-corrected chi connectivity index (χ1v) is 8.07. The molecule has 0 aliphatic rings. The molecule has 2 aromatic rings. The topological polar surface area (TPSA) is 29.9 Å². The van der Waals surface area contributed by atoms with Gasteiger partial charge in [-0.1, -0.05) is 36.2 Å². The maximum atomic E-state index is 6.10. The van der Waals surface area contributed by atoms with E-state index in [1.807, 2.05) is 30.6 Å². The number of imidazole rings is 1. The fraction of sp³-hybridized carbons (Fsp3) is 0.438. The second-order valence-corrected chi connectivity index (χ2v) is 5.86. The summed E-state index contributed by atoms with van der Waals surface area (Å²) in [6, 6.07) is 6.17. The average Bonchev–Trinajstić information content (AvgIpc) is 2.90. The van der Waals surface area contributed by atoms with Crippen molar-refractivity contribution in [3.05, 3.63) is 52.0 Å². The Morgan fingerprint density at radius 3 is 2.67 bits per heavy atom. The Morgan fingerprint density at radius 1 is 1.19 bits per heavy atom. The third-order valence-electron chi connectivity index (χ3n) is 3.53. The molecular weight excluding hydrogens is 305 g/mol. The standard InChI is InChI=1S/C16H21Cl2N3/c1-3-19-13(11-16-20-7-8-21(16)4-2)9-12-5-6-14(17)15(18)10-12/h5-8,10,13,19H,3-4,9,11H2,1-2H3. The van der Waals surface area contributed by atoms with Gasteiger partial charge in [-0.25, -0.2) is 4.98 Å². The number of halogens is 2. The Hall–Kier alpha value is -1.03. The largest absolute Gasteiger partial charge is 0.335 e. The molecule has 0 aliphatic carbocycles. The Morgan fingerprint density at radius 2 is 2.00 bits per heavy atom. The first-order chi connectivity index (χ1) is 10.1. The Kier molecular flexibility index (Phi) is 6.09. The summed E-state index contributed by atoms with van der Waals surface area (Å²) < 4.78 is 2.18. The number of nitrogens with one attached hydrogen (secondary N) is 1. The van der Waals surface area contributed by atoms with Crippen LogP contribution >= 0.6 is 23.2 Å². The van der Waals surface area contributed by atoms with Crippen molar-refractivity contribution in [3.63, 3.8) is 0 Å². The Bertz CT molecular complexity index is 581. The number of benzene rings is 1. The molecular formula is C16H21Cl2N3. The second kappa shape index (κ2) is 7.83. The average molecular weight is 326 g/mol. The molecule has 114 valence electrons. The van der Waals surface area contributed by atoms with Crippen LogP contribution in [0.25, 0.3) is 0 Å². The normalized spacial score (nSPS) is 12.6. The van der Waals surface area contributed by atoms with E-state index in [4.69, 9.17) is 23.2 Å². The SMILES string of the molecule is CCNC(Cc1ccc(Cl)c(Cl)c1)Cc1nccn1CC. The van der Waals surface area contributed by atoms with Gasteiger partial charge < -0.3 is 9.88 Å². The highest BCUT2D eigenvalue weighted by Gasteiger charge is 2.13. The van der Waals surface area contributed by atoms with E-state index in [1.165, 1.54) is 5.56 Å². The van der Waals surface area contributed by atoms with Crippen molar-refractivity contribution in [1.82, 2.24) is 14.9 Å². The molecule has 0 saturated heterocycles. The van der Waals surface area contributed by atoms with Gasteiger partial charge in [0.05, 0.1) is 10.0 Å². The molecule has 2 rings (SSSR count). The van der Waals surface area contributed by atoms with Crippen LogP contribution in [0.2, 0.25) is 10.0 Å². The highest BCUT2D eigenvalue weighted by molar-refractivity contribution is 6.42. The van der Waals surface area contributed by atoms with Gasteiger partial charge in [0.1, 0.15) is 5.82 Å². The summed E-state index contributed by atoms with van der Waals surface area (Å²) in [5.41, 5.74) is 1.19. The molecule has 1 aromatic carbocycles. The summed E-state index contributed by atoms with van der Waals surface area (Å²) in [7, 11) is 0. The fourth-order valence-electron chi connectivity index (χ4n) is 2.49. The number of likely N-dealkylation sites (N-methyl/N-ethyl adjacent to an activating group) is 1. The van der Waals surface area contributed by atoms with Gasteiger partial charge >= 0.3 is 0 Å². The van der Waals surface area contributed by atoms with Gasteiger partial charge in [-0.2, -0.15) is 0 Å². The van der Waals surface area contributed by atoms with E-state index in [9.17, 15) is 0 Å². The van der Waals surface area contributed by atoms with E-state index in [0.717, 1.165) is 31.8 Å². The van der Waals surface area contributed by atoms with Crippen LogP contribution < -0.4 is 5.32 Å². The fourth-order valence-corrected chi connectivity index (χ4v) is 2.82. The van der Waals surface area contributed by atoms with E-state index in [2.05, 4.69) is 28.7 Å². The lowest BCUT2D eigenvalue weighted by molar-refractivity contribution is 0.499.